The van der Waals surface area contributed by atoms with Crippen molar-refractivity contribution in [1.29, 1.82) is 0 Å². The van der Waals surface area contributed by atoms with Crippen molar-refractivity contribution in [2.75, 3.05) is 0 Å². The van der Waals surface area contributed by atoms with Crippen LogP contribution < -0.4 is 0 Å². The van der Waals surface area contributed by atoms with Gasteiger partial charge in [-0.25, -0.2) is 9.78 Å². The van der Waals surface area contributed by atoms with Gasteiger partial charge in [0.1, 0.15) is 0 Å². The van der Waals surface area contributed by atoms with Crippen LogP contribution in [-0.4, -0.2) is 20.5 Å². The van der Waals surface area contributed by atoms with Gasteiger partial charge in [-0.1, -0.05) is 6.07 Å². The van der Waals surface area contributed by atoms with Crippen LogP contribution in [0.3, 0.4) is 0 Å². The number of nitrogens with zero attached hydrogens (tertiary/aromatic N) is 2. The van der Waals surface area contributed by atoms with Crippen LogP contribution in [0.5, 0.6) is 0 Å². The quantitative estimate of drug-likeness (QED) is 0.780. The molecule has 96 valence electrons. The highest BCUT2D eigenvalue weighted by molar-refractivity contribution is 6.28. The molecule has 1 N–H and O–H groups in total. The van der Waals surface area contributed by atoms with Crippen LogP contribution in [0, 0.1) is 6.92 Å². The van der Waals surface area contributed by atoms with Crippen molar-refractivity contribution in [3.05, 3.63) is 46.9 Å². The van der Waals surface area contributed by atoms with Crippen LogP contribution in [0.1, 0.15) is 16.2 Å². The smallest absolute Gasteiger partial charge is 0.356 e. The van der Waals surface area contributed by atoms with E-state index in [-0.39, 0.29) is 10.9 Å². The van der Waals surface area contributed by atoms with Gasteiger partial charge < -0.3 is 9.52 Å². The molecule has 3 rings (SSSR count). The fourth-order valence-electron chi connectivity index (χ4n) is 2.05. The van der Waals surface area contributed by atoms with Crippen LogP contribution in [0.25, 0.3) is 17.1 Å². The normalized spacial score (nSPS) is 11.1. The second kappa shape index (κ2) is 4.13. The highest BCUT2D eigenvalue weighted by Crippen LogP contribution is 2.27. The summed E-state index contributed by atoms with van der Waals surface area (Å²) in [6.45, 7) is 1.87. The molecule has 3 aromatic heterocycles. The number of imidazole rings is 1. The number of hydrogen-bond acceptors (Lipinski definition) is 3. The highest BCUT2D eigenvalue weighted by atomic mass is 35.5. The van der Waals surface area contributed by atoms with E-state index in [0.29, 0.717) is 17.1 Å². The molecule has 6 heteroatoms. The standard InChI is InChI=1S/C13H9ClN2O3/c1-7-3-2-4-8-11(13(17)18)15-12(16(7)8)9-5-6-10(14)19-9/h2-6H,1H3,(H,17,18). The molecule has 0 fully saturated rings. The minimum absolute atomic E-state index is 0.00813. The Labute approximate surface area is 113 Å². The van der Waals surface area contributed by atoms with Crippen molar-refractivity contribution in [3.8, 4) is 11.6 Å². The van der Waals surface area contributed by atoms with Crippen molar-refractivity contribution >= 4 is 23.1 Å². The van der Waals surface area contributed by atoms with Gasteiger partial charge in [0, 0.05) is 5.69 Å². The SMILES string of the molecule is Cc1cccc2c(C(=O)O)nc(-c3ccc(Cl)o3)n12. The summed E-state index contributed by atoms with van der Waals surface area (Å²) >= 11 is 5.75. The van der Waals surface area contributed by atoms with Crippen LogP contribution in [0.2, 0.25) is 5.22 Å². The van der Waals surface area contributed by atoms with E-state index < -0.39 is 5.97 Å². The Bertz CT molecular complexity index is 788. The van der Waals surface area contributed by atoms with Gasteiger partial charge >= 0.3 is 5.97 Å². The number of furan rings is 1. The lowest BCUT2D eigenvalue weighted by atomic mass is 10.3. The van der Waals surface area contributed by atoms with Gasteiger partial charge in [0.15, 0.2) is 22.5 Å². The third kappa shape index (κ3) is 1.79. The molecule has 0 bridgehead atoms. The fourth-order valence-corrected chi connectivity index (χ4v) is 2.20. The van der Waals surface area contributed by atoms with Crippen molar-refractivity contribution in [3.63, 3.8) is 0 Å². The first-order chi connectivity index (χ1) is 9.08. The number of aryl methyl sites for hydroxylation is 1. The third-order valence-corrected chi connectivity index (χ3v) is 3.06. The Hall–Kier alpha value is -2.27. The average Bonchev–Trinajstić information content (AvgIpc) is 2.93. The average molecular weight is 277 g/mol. The van der Waals surface area contributed by atoms with E-state index in [1.54, 1.807) is 28.7 Å². The first-order valence-electron chi connectivity index (χ1n) is 5.55. The highest BCUT2D eigenvalue weighted by Gasteiger charge is 2.20. The Balaban J connectivity index is 2.39. The second-order valence-corrected chi connectivity index (χ2v) is 4.45. The van der Waals surface area contributed by atoms with Crippen LogP contribution in [-0.2, 0) is 0 Å². The number of carboxylic acids is 1. The third-order valence-electron chi connectivity index (χ3n) is 2.85. The van der Waals surface area contributed by atoms with Gasteiger partial charge in [0.25, 0.3) is 0 Å². The predicted molar refractivity (Wildman–Crippen MR) is 69.6 cm³/mol. The van der Waals surface area contributed by atoms with Gasteiger partial charge in [-0.2, -0.15) is 0 Å². The maximum Gasteiger partial charge on any atom is 0.356 e. The maximum atomic E-state index is 11.2. The molecule has 0 saturated heterocycles. The lowest BCUT2D eigenvalue weighted by molar-refractivity contribution is 0.0693. The van der Waals surface area contributed by atoms with E-state index in [0.717, 1.165) is 5.69 Å². The molecule has 3 aromatic rings. The van der Waals surface area contributed by atoms with Crippen molar-refractivity contribution in [2.45, 2.75) is 6.92 Å². The number of halogens is 1. The van der Waals surface area contributed by atoms with Gasteiger partial charge in [-0.15, -0.1) is 0 Å². The molecule has 0 spiro atoms. The summed E-state index contributed by atoms with van der Waals surface area (Å²) in [5, 5.41) is 9.44. The molecule has 0 unspecified atom stereocenters. The van der Waals surface area contributed by atoms with Crippen LogP contribution in [0.4, 0.5) is 0 Å². The summed E-state index contributed by atoms with van der Waals surface area (Å²) in [6, 6.07) is 8.62. The number of aromatic carboxylic acids is 1. The Morgan fingerprint density at radius 1 is 1.37 bits per heavy atom. The molecule has 0 amide bonds. The summed E-state index contributed by atoms with van der Waals surface area (Å²) in [4.78, 5) is 15.4. The van der Waals surface area contributed by atoms with Crippen molar-refractivity contribution < 1.29 is 14.3 Å². The van der Waals surface area contributed by atoms with E-state index in [2.05, 4.69) is 4.98 Å². The van der Waals surface area contributed by atoms with Crippen molar-refractivity contribution in [2.24, 2.45) is 0 Å². The predicted octanol–water partition coefficient (Wildman–Crippen LogP) is 3.25. The summed E-state index contributed by atoms with van der Waals surface area (Å²) in [5.41, 5.74) is 1.38. The number of fused-ring (bicyclic) bond motifs is 1. The molecule has 19 heavy (non-hydrogen) atoms. The van der Waals surface area contributed by atoms with Gasteiger partial charge in [0.05, 0.1) is 5.52 Å². The molecule has 0 aliphatic rings. The summed E-state index contributed by atoms with van der Waals surface area (Å²) in [7, 11) is 0. The lowest BCUT2D eigenvalue weighted by Crippen LogP contribution is -1.97. The minimum Gasteiger partial charge on any atom is -0.476 e. The number of carboxylic acid groups (broad SMARTS) is 1. The summed E-state index contributed by atoms with van der Waals surface area (Å²) < 4.78 is 7.05. The van der Waals surface area contributed by atoms with Gasteiger partial charge in [0.2, 0.25) is 0 Å². The number of carbonyl (C=O) groups is 1. The van der Waals surface area contributed by atoms with E-state index >= 15 is 0 Å². The molecule has 0 saturated carbocycles. The topological polar surface area (TPSA) is 67.7 Å². The monoisotopic (exact) mass is 276 g/mol. The van der Waals surface area contributed by atoms with E-state index in [1.165, 1.54) is 0 Å². The summed E-state index contributed by atoms with van der Waals surface area (Å²) in [5.74, 6) is -0.216. The number of aromatic nitrogens is 2. The zero-order valence-corrected chi connectivity index (χ0v) is 10.7. The Morgan fingerprint density at radius 3 is 2.79 bits per heavy atom. The molecule has 5 nitrogen and oxygen atoms in total. The molecule has 0 aliphatic heterocycles. The molecule has 0 radical (unpaired) electrons. The molecular formula is C13H9ClN2O3. The first kappa shape index (κ1) is 11.8. The van der Waals surface area contributed by atoms with E-state index in [1.807, 2.05) is 13.0 Å². The van der Waals surface area contributed by atoms with Gasteiger partial charge in [-0.05, 0) is 42.8 Å². The lowest BCUT2D eigenvalue weighted by Gasteiger charge is -2.02. The summed E-state index contributed by atoms with van der Waals surface area (Å²) in [6.07, 6.45) is 0. The number of rotatable bonds is 2. The van der Waals surface area contributed by atoms with Crippen LogP contribution in [0.15, 0.2) is 34.7 Å². The second-order valence-electron chi connectivity index (χ2n) is 4.08. The molecule has 0 aliphatic carbocycles. The van der Waals surface area contributed by atoms with Gasteiger partial charge in [-0.3, -0.25) is 4.40 Å². The number of pyridine rings is 1. The maximum absolute atomic E-state index is 11.2. The van der Waals surface area contributed by atoms with E-state index in [9.17, 15) is 9.90 Å². The van der Waals surface area contributed by atoms with E-state index in [4.69, 9.17) is 16.0 Å². The Kier molecular flexibility index (Phi) is 2.57. The largest absolute Gasteiger partial charge is 0.476 e. The fraction of sp³-hybridized carbons (Fsp3) is 0.0769. The molecule has 3 heterocycles. The minimum atomic E-state index is -1.08. The van der Waals surface area contributed by atoms with Crippen molar-refractivity contribution in [1.82, 2.24) is 9.38 Å². The molecular weight excluding hydrogens is 268 g/mol. The Morgan fingerprint density at radius 2 is 2.16 bits per heavy atom. The molecule has 0 aromatic carbocycles. The zero-order chi connectivity index (χ0) is 13.6. The first-order valence-corrected chi connectivity index (χ1v) is 5.93. The molecule has 0 atom stereocenters. The number of hydrogen-bond donors (Lipinski definition) is 1. The zero-order valence-electron chi connectivity index (χ0n) is 9.92. The van der Waals surface area contributed by atoms with Crippen LogP contribution >= 0.6 is 11.6 Å².